The molecule has 80 valence electrons. The van der Waals surface area contributed by atoms with Crippen LogP contribution in [0.2, 0.25) is 0 Å². The van der Waals surface area contributed by atoms with Crippen molar-refractivity contribution in [2.75, 3.05) is 6.61 Å². The first kappa shape index (κ1) is 10.4. The van der Waals surface area contributed by atoms with Crippen molar-refractivity contribution in [1.82, 2.24) is 5.32 Å². The summed E-state index contributed by atoms with van der Waals surface area (Å²) in [5, 5.41) is 2.99. The summed E-state index contributed by atoms with van der Waals surface area (Å²) in [6, 6.07) is 0.225. The molecular weight excluding hydrogens is 246 g/mol. The van der Waals surface area contributed by atoms with Gasteiger partial charge in [0.2, 0.25) is 5.91 Å². The predicted molar refractivity (Wildman–Crippen MR) is 57.5 cm³/mol. The van der Waals surface area contributed by atoms with E-state index < -0.39 is 0 Å². The first-order valence-electron chi connectivity index (χ1n) is 5.20. The Morgan fingerprint density at radius 1 is 1.64 bits per heavy atom. The summed E-state index contributed by atoms with van der Waals surface area (Å²) >= 11 is 3.25. The molecule has 14 heavy (non-hydrogen) atoms. The molecule has 1 spiro atoms. The lowest BCUT2D eigenvalue weighted by Gasteiger charge is -2.37. The quantitative estimate of drug-likeness (QED) is 0.767. The van der Waals surface area contributed by atoms with E-state index >= 15 is 0 Å². The normalized spacial score (nSPS) is 31.1. The highest BCUT2D eigenvalue weighted by Gasteiger charge is 2.45. The first-order valence-corrected chi connectivity index (χ1v) is 6.11. The number of hydrogen-bond acceptors (Lipinski definition) is 2. The molecule has 1 amide bonds. The largest absolute Gasteiger partial charge is 0.373 e. The van der Waals surface area contributed by atoms with E-state index in [4.69, 9.17) is 4.74 Å². The molecule has 1 aliphatic carbocycles. The molecule has 0 radical (unpaired) electrons. The van der Waals surface area contributed by atoms with Crippen LogP contribution in [-0.4, -0.2) is 29.0 Å². The van der Waals surface area contributed by atoms with Crippen molar-refractivity contribution in [2.45, 2.75) is 49.1 Å². The number of ether oxygens (including phenoxy) is 1. The van der Waals surface area contributed by atoms with Crippen LogP contribution in [0.1, 0.15) is 32.6 Å². The minimum absolute atomic E-state index is 0.0648. The Hall–Kier alpha value is -0.0900. The minimum Gasteiger partial charge on any atom is -0.373 e. The van der Waals surface area contributed by atoms with Gasteiger partial charge in [-0.3, -0.25) is 4.79 Å². The van der Waals surface area contributed by atoms with Crippen molar-refractivity contribution in [3.63, 3.8) is 0 Å². The van der Waals surface area contributed by atoms with E-state index in [9.17, 15) is 4.79 Å². The SMILES string of the molecule is CC(Br)C(=O)NC1COC2(CCC2)C1. The van der Waals surface area contributed by atoms with E-state index in [2.05, 4.69) is 21.2 Å². The van der Waals surface area contributed by atoms with Crippen LogP contribution in [0.4, 0.5) is 0 Å². The summed E-state index contributed by atoms with van der Waals surface area (Å²) in [6.07, 6.45) is 4.61. The third kappa shape index (κ3) is 1.96. The molecule has 0 aromatic rings. The zero-order valence-corrected chi connectivity index (χ0v) is 9.97. The molecule has 0 bridgehead atoms. The molecule has 2 aliphatic rings. The summed E-state index contributed by atoms with van der Waals surface area (Å²) in [5.41, 5.74) is 0.132. The standard InChI is InChI=1S/C10H16BrNO2/c1-7(11)9(13)12-8-5-10(14-6-8)3-2-4-10/h7-8H,2-6H2,1H3,(H,12,13). The molecule has 3 nitrogen and oxygen atoms in total. The van der Waals surface area contributed by atoms with Crippen molar-refractivity contribution >= 4 is 21.8 Å². The lowest BCUT2D eigenvalue weighted by Crippen LogP contribution is -2.41. The molecular formula is C10H16BrNO2. The van der Waals surface area contributed by atoms with Crippen molar-refractivity contribution in [3.8, 4) is 0 Å². The molecule has 2 unspecified atom stereocenters. The van der Waals surface area contributed by atoms with Gasteiger partial charge >= 0.3 is 0 Å². The molecule has 1 aliphatic heterocycles. The Kier molecular flexibility index (Phi) is 2.84. The third-order valence-corrected chi connectivity index (χ3v) is 3.60. The number of rotatable bonds is 2. The summed E-state index contributed by atoms with van der Waals surface area (Å²) in [7, 11) is 0. The highest BCUT2D eigenvalue weighted by molar-refractivity contribution is 9.10. The maximum Gasteiger partial charge on any atom is 0.233 e. The van der Waals surface area contributed by atoms with Crippen LogP contribution in [-0.2, 0) is 9.53 Å². The molecule has 4 heteroatoms. The number of halogens is 1. The molecule has 1 heterocycles. The molecule has 0 aromatic carbocycles. The van der Waals surface area contributed by atoms with E-state index in [0.717, 1.165) is 6.42 Å². The summed E-state index contributed by atoms with van der Waals surface area (Å²) in [6.45, 7) is 2.52. The highest BCUT2D eigenvalue weighted by Crippen LogP contribution is 2.43. The number of alkyl halides is 1. The van der Waals surface area contributed by atoms with E-state index in [-0.39, 0.29) is 22.4 Å². The van der Waals surface area contributed by atoms with Crippen LogP contribution in [0.3, 0.4) is 0 Å². The van der Waals surface area contributed by atoms with E-state index in [1.807, 2.05) is 6.92 Å². The van der Waals surface area contributed by atoms with Crippen LogP contribution in [0.5, 0.6) is 0 Å². The van der Waals surface area contributed by atoms with Gasteiger partial charge in [0.05, 0.1) is 23.1 Å². The highest BCUT2D eigenvalue weighted by atomic mass is 79.9. The average Bonchev–Trinajstić information content (AvgIpc) is 2.47. The number of carbonyl (C=O) groups excluding carboxylic acids is 1. The Morgan fingerprint density at radius 3 is 2.79 bits per heavy atom. The van der Waals surface area contributed by atoms with Gasteiger partial charge in [-0.15, -0.1) is 0 Å². The van der Waals surface area contributed by atoms with Crippen molar-refractivity contribution < 1.29 is 9.53 Å². The van der Waals surface area contributed by atoms with Gasteiger partial charge in [-0.05, 0) is 32.6 Å². The number of hydrogen-bond donors (Lipinski definition) is 1. The Bertz CT molecular complexity index is 238. The van der Waals surface area contributed by atoms with Crippen LogP contribution < -0.4 is 5.32 Å². The maximum absolute atomic E-state index is 11.4. The average molecular weight is 262 g/mol. The Labute approximate surface area is 92.7 Å². The van der Waals surface area contributed by atoms with Crippen LogP contribution in [0.15, 0.2) is 0 Å². The molecule has 1 saturated carbocycles. The Morgan fingerprint density at radius 2 is 2.36 bits per heavy atom. The van der Waals surface area contributed by atoms with E-state index in [1.54, 1.807) is 0 Å². The summed E-state index contributed by atoms with van der Waals surface area (Å²) in [5.74, 6) is 0.0648. The fraction of sp³-hybridized carbons (Fsp3) is 0.900. The number of nitrogens with one attached hydrogen (secondary N) is 1. The van der Waals surface area contributed by atoms with Gasteiger partial charge in [0, 0.05) is 0 Å². The second kappa shape index (κ2) is 3.81. The van der Waals surface area contributed by atoms with Gasteiger partial charge in [-0.2, -0.15) is 0 Å². The minimum atomic E-state index is -0.111. The molecule has 2 fully saturated rings. The molecule has 1 saturated heterocycles. The van der Waals surface area contributed by atoms with Crippen LogP contribution in [0.25, 0.3) is 0 Å². The summed E-state index contributed by atoms with van der Waals surface area (Å²) in [4.78, 5) is 11.3. The second-order valence-electron chi connectivity index (χ2n) is 4.37. The maximum atomic E-state index is 11.4. The van der Waals surface area contributed by atoms with Crippen molar-refractivity contribution in [2.24, 2.45) is 0 Å². The van der Waals surface area contributed by atoms with Gasteiger partial charge in [0.1, 0.15) is 0 Å². The van der Waals surface area contributed by atoms with Crippen LogP contribution >= 0.6 is 15.9 Å². The smallest absolute Gasteiger partial charge is 0.233 e. The van der Waals surface area contributed by atoms with E-state index in [0.29, 0.717) is 6.61 Å². The number of carbonyl (C=O) groups is 1. The van der Waals surface area contributed by atoms with Gasteiger partial charge in [0.15, 0.2) is 0 Å². The predicted octanol–water partition coefficient (Wildman–Crippen LogP) is 1.60. The Balaban J connectivity index is 1.81. The number of amides is 1. The summed E-state index contributed by atoms with van der Waals surface area (Å²) < 4.78 is 5.74. The first-order chi connectivity index (χ1) is 6.61. The molecule has 2 rings (SSSR count). The van der Waals surface area contributed by atoms with Gasteiger partial charge < -0.3 is 10.1 Å². The lowest BCUT2D eigenvalue weighted by atomic mass is 9.77. The zero-order valence-electron chi connectivity index (χ0n) is 8.38. The van der Waals surface area contributed by atoms with Crippen LogP contribution in [0, 0.1) is 0 Å². The van der Waals surface area contributed by atoms with Gasteiger partial charge in [-0.1, -0.05) is 15.9 Å². The molecule has 2 atom stereocenters. The lowest BCUT2D eigenvalue weighted by molar-refractivity contribution is -0.120. The van der Waals surface area contributed by atoms with Crippen molar-refractivity contribution in [1.29, 1.82) is 0 Å². The molecule has 1 N–H and O–H groups in total. The van der Waals surface area contributed by atoms with Gasteiger partial charge in [0.25, 0.3) is 0 Å². The zero-order chi connectivity index (χ0) is 10.2. The monoisotopic (exact) mass is 261 g/mol. The fourth-order valence-corrected chi connectivity index (χ4v) is 2.30. The van der Waals surface area contributed by atoms with Crippen molar-refractivity contribution in [3.05, 3.63) is 0 Å². The topological polar surface area (TPSA) is 38.3 Å². The molecule has 0 aromatic heterocycles. The van der Waals surface area contributed by atoms with Gasteiger partial charge in [-0.25, -0.2) is 0 Å². The second-order valence-corrected chi connectivity index (χ2v) is 5.75. The third-order valence-electron chi connectivity index (χ3n) is 3.18. The fourth-order valence-electron chi connectivity index (χ4n) is 2.17. The van der Waals surface area contributed by atoms with E-state index in [1.165, 1.54) is 19.3 Å².